The molecule has 0 spiro atoms. The summed E-state index contributed by atoms with van der Waals surface area (Å²) in [5.74, 6) is -0.288. The molecule has 0 aliphatic rings. The zero-order chi connectivity index (χ0) is 17.5. The third kappa shape index (κ3) is 4.53. The van der Waals surface area contributed by atoms with Crippen molar-refractivity contribution in [1.29, 1.82) is 0 Å². The van der Waals surface area contributed by atoms with Crippen LogP contribution in [-0.2, 0) is 16.1 Å². The van der Waals surface area contributed by atoms with E-state index >= 15 is 0 Å². The van der Waals surface area contributed by atoms with Crippen molar-refractivity contribution in [3.8, 4) is 0 Å². The number of nitro benzene ring substituents is 1. The predicted molar refractivity (Wildman–Crippen MR) is 83.8 cm³/mol. The molecule has 0 atom stereocenters. The van der Waals surface area contributed by atoms with E-state index in [9.17, 15) is 14.9 Å². The molecule has 0 fully saturated rings. The highest BCUT2D eigenvalue weighted by Crippen LogP contribution is 2.26. The fraction of sp³-hybridized carbons (Fsp3) is 0.333. The maximum absolute atomic E-state index is 12.0. The van der Waals surface area contributed by atoms with Gasteiger partial charge in [0.15, 0.2) is 12.4 Å². The third-order valence-electron chi connectivity index (χ3n) is 3.07. The quantitative estimate of drug-likeness (QED) is 0.338. The van der Waals surface area contributed by atoms with Gasteiger partial charge in [0.2, 0.25) is 0 Å². The number of rotatable bonds is 8. The average Bonchev–Trinajstić information content (AvgIpc) is 2.98. The average molecular weight is 335 g/mol. The standard InChI is InChI=1S/C15H17N3O6/c1-10-7-12(24-17-10)9-23-15(19)11-3-4-13(16-5-6-22-2)14(8-11)18(20)21/h3-4,7-8,16H,5-6,9H2,1-2H3. The molecule has 2 rings (SSSR count). The van der Waals surface area contributed by atoms with E-state index in [-0.39, 0.29) is 17.9 Å². The van der Waals surface area contributed by atoms with Crippen molar-refractivity contribution in [2.75, 3.05) is 25.6 Å². The zero-order valence-corrected chi connectivity index (χ0v) is 13.3. The second-order valence-electron chi connectivity index (χ2n) is 4.92. The molecular weight excluding hydrogens is 318 g/mol. The Balaban J connectivity index is 2.07. The number of methoxy groups -OCH3 is 1. The van der Waals surface area contributed by atoms with Crippen LogP contribution in [0.2, 0.25) is 0 Å². The second kappa shape index (κ2) is 8.06. The lowest BCUT2D eigenvalue weighted by molar-refractivity contribution is -0.384. The number of aromatic nitrogens is 1. The fourth-order valence-electron chi connectivity index (χ4n) is 1.95. The molecule has 1 aromatic heterocycles. The Kier molecular flexibility index (Phi) is 5.85. The Hall–Kier alpha value is -2.94. The lowest BCUT2D eigenvalue weighted by Gasteiger charge is -2.08. The molecule has 1 heterocycles. The maximum atomic E-state index is 12.0. The molecule has 0 saturated carbocycles. The number of hydrogen-bond acceptors (Lipinski definition) is 8. The molecular formula is C15H17N3O6. The van der Waals surface area contributed by atoms with E-state index in [1.165, 1.54) is 25.3 Å². The number of esters is 1. The molecule has 0 amide bonds. The smallest absolute Gasteiger partial charge is 0.338 e. The number of nitrogens with zero attached hydrogens (tertiary/aromatic N) is 2. The molecule has 9 nitrogen and oxygen atoms in total. The molecule has 128 valence electrons. The molecule has 0 aliphatic carbocycles. The molecule has 0 unspecified atom stereocenters. The molecule has 1 N–H and O–H groups in total. The van der Waals surface area contributed by atoms with Gasteiger partial charge in [-0.1, -0.05) is 5.16 Å². The summed E-state index contributed by atoms with van der Waals surface area (Å²) in [5.41, 5.74) is 0.842. The molecule has 0 bridgehead atoms. The van der Waals surface area contributed by atoms with Crippen LogP contribution in [0.5, 0.6) is 0 Å². The van der Waals surface area contributed by atoms with Crippen LogP contribution in [0.3, 0.4) is 0 Å². The summed E-state index contributed by atoms with van der Waals surface area (Å²) in [4.78, 5) is 22.6. The summed E-state index contributed by atoms with van der Waals surface area (Å²) in [7, 11) is 1.53. The van der Waals surface area contributed by atoms with Crippen molar-refractivity contribution in [2.24, 2.45) is 0 Å². The van der Waals surface area contributed by atoms with Gasteiger partial charge in [-0.3, -0.25) is 10.1 Å². The summed E-state index contributed by atoms with van der Waals surface area (Å²) in [6, 6.07) is 5.72. The van der Waals surface area contributed by atoms with Gasteiger partial charge in [0, 0.05) is 25.8 Å². The van der Waals surface area contributed by atoms with Gasteiger partial charge >= 0.3 is 5.97 Å². The van der Waals surface area contributed by atoms with Crippen molar-refractivity contribution < 1.29 is 23.7 Å². The van der Waals surface area contributed by atoms with Crippen LogP contribution >= 0.6 is 0 Å². The molecule has 0 saturated heterocycles. The van der Waals surface area contributed by atoms with Crippen LogP contribution in [0.1, 0.15) is 21.8 Å². The number of anilines is 1. The van der Waals surface area contributed by atoms with E-state index < -0.39 is 10.9 Å². The summed E-state index contributed by atoms with van der Waals surface area (Å²) in [6.07, 6.45) is 0. The van der Waals surface area contributed by atoms with Gasteiger partial charge in [0.1, 0.15) is 5.69 Å². The molecule has 9 heteroatoms. The number of carbonyl (C=O) groups excluding carboxylic acids is 1. The number of hydrogen-bond donors (Lipinski definition) is 1. The minimum atomic E-state index is -0.685. The van der Waals surface area contributed by atoms with E-state index in [0.717, 1.165) is 0 Å². The number of aryl methyl sites for hydroxylation is 1. The monoisotopic (exact) mass is 335 g/mol. The van der Waals surface area contributed by atoms with Crippen molar-refractivity contribution in [3.05, 3.63) is 51.4 Å². The Morgan fingerprint density at radius 2 is 2.21 bits per heavy atom. The first-order valence-electron chi connectivity index (χ1n) is 7.12. The summed E-state index contributed by atoms with van der Waals surface area (Å²) >= 11 is 0. The second-order valence-corrected chi connectivity index (χ2v) is 4.92. The molecule has 1 aromatic carbocycles. The third-order valence-corrected chi connectivity index (χ3v) is 3.07. The Morgan fingerprint density at radius 1 is 1.42 bits per heavy atom. The van der Waals surface area contributed by atoms with E-state index in [0.29, 0.717) is 30.3 Å². The van der Waals surface area contributed by atoms with Gasteiger partial charge in [-0.2, -0.15) is 0 Å². The summed E-state index contributed by atoms with van der Waals surface area (Å²) in [5, 5.41) is 17.7. The lowest BCUT2D eigenvalue weighted by atomic mass is 10.1. The maximum Gasteiger partial charge on any atom is 0.338 e. The largest absolute Gasteiger partial charge is 0.454 e. The minimum absolute atomic E-state index is 0.0789. The first kappa shape index (κ1) is 17.4. The Morgan fingerprint density at radius 3 is 2.83 bits per heavy atom. The number of nitrogens with one attached hydrogen (secondary N) is 1. The lowest BCUT2D eigenvalue weighted by Crippen LogP contribution is -2.10. The molecule has 0 aliphatic heterocycles. The van der Waals surface area contributed by atoms with Gasteiger partial charge < -0.3 is 19.3 Å². The topological polar surface area (TPSA) is 117 Å². The van der Waals surface area contributed by atoms with Crippen LogP contribution < -0.4 is 5.32 Å². The van der Waals surface area contributed by atoms with Crippen LogP contribution in [0.4, 0.5) is 11.4 Å². The SMILES string of the molecule is COCCNc1ccc(C(=O)OCc2cc(C)no2)cc1[N+](=O)[O-]. The molecule has 24 heavy (non-hydrogen) atoms. The van der Waals surface area contributed by atoms with E-state index in [2.05, 4.69) is 10.5 Å². The van der Waals surface area contributed by atoms with Crippen LogP contribution in [-0.4, -0.2) is 36.3 Å². The minimum Gasteiger partial charge on any atom is -0.454 e. The first-order valence-corrected chi connectivity index (χ1v) is 7.12. The number of nitro groups is 1. The highest BCUT2D eigenvalue weighted by molar-refractivity contribution is 5.91. The van der Waals surface area contributed by atoms with Gasteiger partial charge in [0.05, 0.1) is 22.8 Å². The highest BCUT2D eigenvalue weighted by Gasteiger charge is 2.18. The van der Waals surface area contributed by atoms with Crippen LogP contribution in [0.15, 0.2) is 28.8 Å². The van der Waals surface area contributed by atoms with Gasteiger partial charge in [-0.15, -0.1) is 0 Å². The van der Waals surface area contributed by atoms with Gasteiger partial charge in [0.25, 0.3) is 5.69 Å². The highest BCUT2D eigenvalue weighted by atomic mass is 16.6. The van der Waals surface area contributed by atoms with Crippen molar-refractivity contribution in [3.63, 3.8) is 0 Å². The van der Waals surface area contributed by atoms with E-state index in [1.807, 2.05) is 0 Å². The van der Waals surface area contributed by atoms with Gasteiger partial charge in [-0.05, 0) is 19.1 Å². The summed E-state index contributed by atoms with van der Waals surface area (Å²) in [6.45, 7) is 2.46. The fourth-order valence-corrected chi connectivity index (χ4v) is 1.95. The van der Waals surface area contributed by atoms with Crippen molar-refractivity contribution in [1.82, 2.24) is 5.16 Å². The number of ether oxygens (including phenoxy) is 2. The van der Waals surface area contributed by atoms with E-state index in [4.69, 9.17) is 14.0 Å². The van der Waals surface area contributed by atoms with Crippen molar-refractivity contribution >= 4 is 17.3 Å². The normalized spacial score (nSPS) is 10.4. The zero-order valence-electron chi connectivity index (χ0n) is 13.3. The first-order chi connectivity index (χ1) is 11.5. The van der Waals surface area contributed by atoms with Gasteiger partial charge in [-0.25, -0.2) is 4.79 Å². The number of benzene rings is 1. The van der Waals surface area contributed by atoms with Crippen LogP contribution in [0.25, 0.3) is 0 Å². The predicted octanol–water partition coefficient (Wildman–Crippen LogP) is 2.31. The van der Waals surface area contributed by atoms with Crippen molar-refractivity contribution in [2.45, 2.75) is 13.5 Å². The molecule has 0 radical (unpaired) electrons. The molecule has 2 aromatic rings. The Bertz CT molecular complexity index is 728. The van der Waals surface area contributed by atoms with E-state index in [1.54, 1.807) is 13.0 Å². The van der Waals surface area contributed by atoms with Crippen LogP contribution in [0, 0.1) is 17.0 Å². The number of carbonyl (C=O) groups is 1. The summed E-state index contributed by atoms with van der Waals surface area (Å²) < 4.78 is 14.9. The Labute approximate surface area is 137 Å².